The average molecular weight is 379 g/mol. The fraction of sp³-hybridized carbons (Fsp3) is 0.350. The lowest BCUT2D eigenvalue weighted by molar-refractivity contribution is 0.195. The van der Waals surface area contributed by atoms with Gasteiger partial charge in [-0.2, -0.15) is 0 Å². The van der Waals surface area contributed by atoms with Gasteiger partial charge in [-0.3, -0.25) is 14.1 Å². The zero-order valence-electron chi connectivity index (χ0n) is 15.2. The normalized spacial score (nSPS) is 18.5. The van der Waals surface area contributed by atoms with Gasteiger partial charge in [-0.25, -0.2) is 9.97 Å². The smallest absolute Gasteiger partial charge is 0.258 e. The molecule has 1 fully saturated rings. The number of aromatic amines is 1. The topological polar surface area (TPSA) is 66.3 Å². The van der Waals surface area contributed by atoms with Crippen molar-refractivity contribution in [3.63, 3.8) is 0 Å². The van der Waals surface area contributed by atoms with Crippen LogP contribution in [0.1, 0.15) is 35.8 Å². The Hall–Kier alpha value is -2.51. The van der Waals surface area contributed by atoms with Gasteiger partial charge >= 0.3 is 0 Å². The minimum Gasteiger partial charge on any atom is -0.342 e. The summed E-state index contributed by atoms with van der Waals surface area (Å²) >= 11 is 1.50. The van der Waals surface area contributed by atoms with Crippen molar-refractivity contribution in [2.75, 3.05) is 13.1 Å². The number of imidazole rings is 1. The van der Waals surface area contributed by atoms with Crippen LogP contribution in [0.25, 0.3) is 16.0 Å². The van der Waals surface area contributed by atoms with Crippen LogP contribution in [-0.2, 0) is 6.54 Å². The Labute approximate surface area is 160 Å². The highest BCUT2D eigenvalue weighted by atomic mass is 32.1. The second-order valence-corrected chi connectivity index (χ2v) is 8.23. The molecule has 5 rings (SSSR count). The summed E-state index contributed by atoms with van der Waals surface area (Å²) in [6, 6.07) is 8.00. The second-order valence-electron chi connectivity index (χ2n) is 7.36. The van der Waals surface area contributed by atoms with E-state index < -0.39 is 0 Å². The fourth-order valence-corrected chi connectivity index (χ4v) is 4.70. The maximum Gasteiger partial charge on any atom is 0.258 e. The van der Waals surface area contributed by atoms with Crippen LogP contribution in [0, 0.1) is 6.92 Å². The Kier molecular flexibility index (Phi) is 4.06. The summed E-state index contributed by atoms with van der Waals surface area (Å²) in [7, 11) is 0. The first-order valence-corrected chi connectivity index (χ1v) is 10.2. The van der Waals surface area contributed by atoms with Crippen LogP contribution in [0.15, 0.2) is 40.6 Å². The third kappa shape index (κ3) is 3.17. The molecule has 4 aromatic rings. The lowest BCUT2D eigenvalue weighted by atomic mass is 9.97. The van der Waals surface area contributed by atoms with Gasteiger partial charge in [-0.1, -0.05) is 6.07 Å². The van der Waals surface area contributed by atoms with Gasteiger partial charge in [0.1, 0.15) is 5.82 Å². The zero-order valence-corrected chi connectivity index (χ0v) is 16.0. The molecule has 0 radical (unpaired) electrons. The summed E-state index contributed by atoms with van der Waals surface area (Å²) in [6.07, 6.45) is 4.04. The number of hydrogen-bond donors (Lipinski definition) is 1. The number of H-pyrrole nitrogens is 1. The van der Waals surface area contributed by atoms with Gasteiger partial charge < -0.3 is 4.98 Å². The number of piperidine rings is 1. The summed E-state index contributed by atoms with van der Waals surface area (Å²) in [6.45, 7) is 4.77. The molecule has 1 aliphatic heterocycles. The molecule has 0 saturated carbocycles. The number of thiazole rings is 1. The summed E-state index contributed by atoms with van der Waals surface area (Å²) in [5.74, 6) is 1.46. The van der Waals surface area contributed by atoms with E-state index in [2.05, 4.69) is 40.0 Å². The molecule has 27 heavy (non-hydrogen) atoms. The number of hydrogen-bond acceptors (Lipinski definition) is 5. The molecule has 6 nitrogen and oxygen atoms in total. The van der Waals surface area contributed by atoms with Gasteiger partial charge in [0, 0.05) is 36.7 Å². The molecule has 1 atom stereocenters. The Balaban J connectivity index is 1.37. The van der Waals surface area contributed by atoms with Gasteiger partial charge in [-0.05, 0) is 44.0 Å². The SMILES string of the molecule is Cc1ccc2nc([C@@H]3CCCN(Cc4cc(=O)n5ccsc5n4)C3)[nH]c2c1. The van der Waals surface area contributed by atoms with E-state index in [1.165, 1.54) is 16.9 Å². The number of nitrogens with one attached hydrogen (secondary N) is 1. The number of rotatable bonds is 3. The molecule has 1 aromatic carbocycles. The Morgan fingerprint density at radius 1 is 1.30 bits per heavy atom. The van der Waals surface area contributed by atoms with Crippen LogP contribution >= 0.6 is 11.3 Å². The molecule has 0 unspecified atom stereocenters. The highest BCUT2D eigenvalue weighted by Crippen LogP contribution is 2.27. The van der Waals surface area contributed by atoms with E-state index in [4.69, 9.17) is 4.98 Å². The monoisotopic (exact) mass is 379 g/mol. The predicted molar refractivity (Wildman–Crippen MR) is 107 cm³/mol. The van der Waals surface area contributed by atoms with E-state index in [0.29, 0.717) is 12.5 Å². The Morgan fingerprint density at radius 2 is 2.22 bits per heavy atom. The molecule has 7 heteroatoms. The van der Waals surface area contributed by atoms with Gasteiger partial charge in [0.2, 0.25) is 0 Å². The van der Waals surface area contributed by atoms with Crippen molar-refractivity contribution in [2.45, 2.75) is 32.2 Å². The Morgan fingerprint density at radius 3 is 3.15 bits per heavy atom. The predicted octanol–water partition coefficient (Wildman–Crippen LogP) is 3.32. The third-order valence-electron chi connectivity index (χ3n) is 5.29. The highest BCUT2D eigenvalue weighted by Gasteiger charge is 2.24. The molecule has 3 aromatic heterocycles. The number of aryl methyl sites for hydroxylation is 1. The van der Waals surface area contributed by atoms with E-state index in [-0.39, 0.29) is 5.56 Å². The maximum absolute atomic E-state index is 12.2. The summed E-state index contributed by atoms with van der Waals surface area (Å²) in [5, 5.41) is 1.90. The van der Waals surface area contributed by atoms with E-state index in [9.17, 15) is 4.79 Å². The first-order chi connectivity index (χ1) is 13.2. The zero-order chi connectivity index (χ0) is 18.4. The van der Waals surface area contributed by atoms with Crippen LogP contribution in [0.5, 0.6) is 0 Å². The summed E-state index contributed by atoms with van der Waals surface area (Å²) < 4.78 is 1.60. The molecule has 138 valence electrons. The molecule has 1 N–H and O–H groups in total. The van der Waals surface area contributed by atoms with Crippen molar-refractivity contribution in [2.24, 2.45) is 0 Å². The van der Waals surface area contributed by atoms with Crippen molar-refractivity contribution < 1.29 is 0 Å². The molecular formula is C20H21N5OS. The quantitative estimate of drug-likeness (QED) is 0.593. The van der Waals surface area contributed by atoms with Crippen molar-refractivity contribution in [1.29, 1.82) is 0 Å². The number of aromatic nitrogens is 4. The van der Waals surface area contributed by atoms with Crippen molar-refractivity contribution >= 4 is 27.3 Å². The van der Waals surface area contributed by atoms with Crippen LogP contribution < -0.4 is 5.56 Å². The van der Waals surface area contributed by atoms with E-state index >= 15 is 0 Å². The molecule has 0 bridgehead atoms. The van der Waals surface area contributed by atoms with Gasteiger partial charge in [-0.15, -0.1) is 11.3 Å². The van der Waals surface area contributed by atoms with E-state index in [1.807, 2.05) is 5.38 Å². The number of likely N-dealkylation sites (tertiary alicyclic amines) is 1. The largest absolute Gasteiger partial charge is 0.342 e. The van der Waals surface area contributed by atoms with Crippen LogP contribution in [-0.4, -0.2) is 37.3 Å². The van der Waals surface area contributed by atoms with Gasteiger partial charge in [0.25, 0.3) is 5.56 Å². The molecule has 1 aliphatic rings. The molecule has 1 saturated heterocycles. The molecule has 0 amide bonds. The number of benzene rings is 1. The maximum atomic E-state index is 12.2. The molecular weight excluding hydrogens is 358 g/mol. The van der Waals surface area contributed by atoms with Gasteiger partial charge in [0.15, 0.2) is 4.96 Å². The van der Waals surface area contributed by atoms with Crippen molar-refractivity contribution in [1.82, 2.24) is 24.3 Å². The minimum absolute atomic E-state index is 0.00235. The average Bonchev–Trinajstić information content (AvgIpc) is 3.28. The molecule has 0 aliphatic carbocycles. The first kappa shape index (κ1) is 16.6. The molecule has 0 spiro atoms. The van der Waals surface area contributed by atoms with E-state index in [1.54, 1.807) is 16.7 Å². The standard InChI is InChI=1S/C20H21N5OS/c1-13-4-5-16-17(9-13)23-19(22-16)14-3-2-6-24(11-14)12-15-10-18(26)25-7-8-27-20(25)21-15/h4-5,7-10,14H,2-3,6,11-12H2,1H3,(H,22,23)/t14-/m1/s1. The Bertz CT molecular complexity index is 1170. The van der Waals surface area contributed by atoms with Crippen LogP contribution in [0.3, 0.4) is 0 Å². The van der Waals surface area contributed by atoms with Crippen molar-refractivity contribution in [3.05, 3.63) is 63.3 Å². The van der Waals surface area contributed by atoms with Gasteiger partial charge in [0.05, 0.1) is 16.7 Å². The number of fused-ring (bicyclic) bond motifs is 2. The second kappa shape index (κ2) is 6.58. The molecule has 4 heterocycles. The summed E-state index contributed by atoms with van der Waals surface area (Å²) in [5.41, 5.74) is 4.23. The minimum atomic E-state index is -0.00235. The fourth-order valence-electron chi connectivity index (χ4n) is 3.96. The van der Waals surface area contributed by atoms with Crippen LogP contribution in [0.2, 0.25) is 0 Å². The number of nitrogens with zero attached hydrogens (tertiary/aromatic N) is 4. The third-order valence-corrected chi connectivity index (χ3v) is 6.05. The lowest BCUT2D eigenvalue weighted by Crippen LogP contribution is -2.35. The lowest BCUT2D eigenvalue weighted by Gasteiger charge is -2.31. The van der Waals surface area contributed by atoms with E-state index in [0.717, 1.165) is 53.4 Å². The first-order valence-electron chi connectivity index (χ1n) is 9.30. The highest BCUT2D eigenvalue weighted by molar-refractivity contribution is 7.15. The van der Waals surface area contributed by atoms with Crippen LogP contribution in [0.4, 0.5) is 0 Å². The van der Waals surface area contributed by atoms with Crippen molar-refractivity contribution in [3.8, 4) is 0 Å². The summed E-state index contributed by atoms with van der Waals surface area (Å²) in [4.78, 5) is 28.3.